The van der Waals surface area contributed by atoms with Crippen molar-refractivity contribution < 1.29 is 13.5 Å². The van der Waals surface area contributed by atoms with Crippen LogP contribution in [0.1, 0.15) is 31.0 Å². The van der Waals surface area contributed by atoms with E-state index in [2.05, 4.69) is 5.32 Å². The van der Waals surface area contributed by atoms with Gasteiger partial charge in [-0.2, -0.15) is 0 Å². The standard InChI is InChI=1S/C17H19F2NO/c1-3-20-12(2)16-10-15(19)7-8-17(16)21-11-13-5-4-6-14(18)9-13/h4-10,12,20H,3,11H2,1-2H3. The summed E-state index contributed by atoms with van der Waals surface area (Å²) in [6, 6.07) is 10.7. The molecule has 2 rings (SSSR count). The lowest BCUT2D eigenvalue weighted by Gasteiger charge is -2.18. The molecule has 1 unspecified atom stereocenters. The Bertz CT molecular complexity index is 601. The Balaban J connectivity index is 2.15. The molecule has 0 heterocycles. The minimum Gasteiger partial charge on any atom is -0.489 e. The molecular formula is C17H19F2NO. The van der Waals surface area contributed by atoms with Crippen molar-refractivity contribution in [1.29, 1.82) is 0 Å². The molecule has 2 aromatic rings. The van der Waals surface area contributed by atoms with E-state index >= 15 is 0 Å². The summed E-state index contributed by atoms with van der Waals surface area (Å²) in [4.78, 5) is 0. The highest BCUT2D eigenvalue weighted by molar-refractivity contribution is 5.36. The van der Waals surface area contributed by atoms with Gasteiger partial charge in [-0.05, 0) is 49.4 Å². The molecular weight excluding hydrogens is 272 g/mol. The van der Waals surface area contributed by atoms with E-state index in [-0.39, 0.29) is 24.3 Å². The highest BCUT2D eigenvalue weighted by Gasteiger charge is 2.12. The Morgan fingerprint density at radius 1 is 1.10 bits per heavy atom. The molecule has 0 bridgehead atoms. The SMILES string of the molecule is CCNC(C)c1cc(F)ccc1OCc1cccc(F)c1. The van der Waals surface area contributed by atoms with Crippen molar-refractivity contribution in [3.05, 3.63) is 65.2 Å². The molecule has 0 fully saturated rings. The van der Waals surface area contributed by atoms with Gasteiger partial charge in [0.2, 0.25) is 0 Å². The normalized spacial score (nSPS) is 12.2. The van der Waals surface area contributed by atoms with Gasteiger partial charge < -0.3 is 10.1 Å². The Morgan fingerprint density at radius 2 is 1.86 bits per heavy atom. The third kappa shape index (κ3) is 4.26. The smallest absolute Gasteiger partial charge is 0.124 e. The van der Waals surface area contributed by atoms with Crippen LogP contribution >= 0.6 is 0 Å². The monoisotopic (exact) mass is 291 g/mol. The van der Waals surface area contributed by atoms with Crippen molar-refractivity contribution in [2.75, 3.05) is 6.54 Å². The first-order valence-corrected chi connectivity index (χ1v) is 7.00. The maximum absolute atomic E-state index is 13.4. The van der Waals surface area contributed by atoms with E-state index in [1.807, 2.05) is 13.8 Å². The third-order valence-corrected chi connectivity index (χ3v) is 3.23. The average molecular weight is 291 g/mol. The summed E-state index contributed by atoms with van der Waals surface area (Å²) in [7, 11) is 0. The summed E-state index contributed by atoms with van der Waals surface area (Å²) in [5, 5.41) is 3.23. The van der Waals surface area contributed by atoms with Crippen LogP contribution < -0.4 is 10.1 Å². The molecule has 0 aromatic heterocycles. The maximum atomic E-state index is 13.4. The molecule has 0 saturated carbocycles. The van der Waals surface area contributed by atoms with Crippen molar-refractivity contribution in [3.63, 3.8) is 0 Å². The van der Waals surface area contributed by atoms with Crippen molar-refractivity contribution in [2.24, 2.45) is 0 Å². The van der Waals surface area contributed by atoms with Gasteiger partial charge in [0, 0.05) is 11.6 Å². The van der Waals surface area contributed by atoms with E-state index in [1.54, 1.807) is 18.2 Å². The number of nitrogens with one attached hydrogen (secondary N) is 1. The van der Waals surface area contributed by atoms with Crippen LogP contribution in [0.15, 0.2) is 42.5 Å². The molecule has 1 N–H and O–H groups in total. The summed E-state index contributed by atoms with van der Waals surface area (Å²) in [5.41, 5.74) is 1.50. The van der Waals surface area contributed by atoms with E-state index in [0.29, 0.717) is 5.75 Å². The molecule has 2 aromatic carbocycles. The van der Waals surface area contributed by atoms with Gasteiger partial charge >= 0.3 is 0 Å². The van der Waals surface area contributed by atoms with Crippen molar-refractivity contribution >= 4 is 0 Å². The minimum absolute atomic E-state index is 0.0202. The molecule has 112 valence electrons. The number of ether oxygens (including phenoxy) is 1. The van der Waals surface area contributed by atoms with Crippen LogP contribution in [0.2, 0.25) is 0 Å². The predicted molar refractivity (Wildman–Crippen MR) is 79.2 cm³/mol. The molecule has 21 heavy (non-hydrogen) atoms. The van der Waals surface area contributed by atoms with E-state index in [1.165, 1.54) is 24.3 Å². The van der Waals surface area contributed by atoms with Gasteiger partial charge in [-0.1, -0.05) is 19.1 Å². The van der Waals surface area contributed by atoms with Crippen LogP contribution in [-0.4, -0.2) is 6.54 Å². The molecule has 0 amide bonds. The van der Waals surface area contributed by atoms with Crippen LogP contribution in [0.25, 0.3) is 0 Å². The second kappa shape index (κ2) is 7.18. The summed E-state index contributed by atoms with van der Waals surface area (Å²) < 4.78 is 32.3. The molecule has 2 nitrogen and oxygen atoms in total. The van der Waals surface area contributed by atoms with Crippen LogP contribution in [-0.2, 0) is 6.61 Å². The second-order valence-electron chi connectivity index (χ2n) is 4.88. The Labute approximate surface area is 123 Å². The number of hydrogen-bond acceptors (Lipinski definition) is 2. The Kier molecular flexibility index (Phi) is 5.28. The molecule has 0 aliphatic rings. The largest absolute Gasteiger partial charge is 0.489 e. The molecule has 4 heteroatoms. The quantitative estimate of drug-likeness (QED) is 0.860. The number of benzene rings is 2. The fraction of sp³-hybridized carbons (Fsp3) is 0.294. The lowest BCUT2D eigenvalue weighted by Crippen LogP contribution is -2.18. The van der Waals surface area contributed by atoms with E-state index in [4.69, 9.17) is 4.74 Å². The lowest BCUT2D eigenvalue weighted by molar-refractivity contribution is 0.298. The number of hydrogen-bond donors (Lipinski definition) is 1. The Hall–Kier alpha value is -1.94. The summed E-state index contributed by atoms with van der Waals surface area (Å²) >= 11 is 0. The molecule has 0 aliphatic heterocycles. The van der Waals surface area contributed by atoms with E-state index in [9.17, 15) is 8.78 Å². The van der Waals surface area contributed by atoms with Crippen LogP contribution in [0, 0.1) is 11.6 Å². The average Bonchev–Trinajstić information content (AvgIpc) is 2.46. The first-order chi connectivity index (χ1) is 10.1. The maximum Gasteiger partial charge on any atom is 0.124 e. The van der Waals surface area contributed by atoms with Gasteiger partial charge in [-0.3, -0.25) is 0 Å². The predicted octanol–water partition coefficient (Wildman–Crippen LogP) is 4.21. The summed E-state index contributed by atoms with van der Waals surface area (Å²) in [6.07, 6.45) is 0. The second-order valence-corrected chi connectivity index (χ2v) is 4.88. The van der Waals surface area contributed by atoms with Crippen LogP contribution in [0.3, 0.4) is 0 Å². The van der Waals surface area contributed by atoms with Crippen molar-refractivity contribution in [2.45, 2.75) is 26.5 Å². The van der Waals surface area contributed by atoms with Gasteiger partial charge in [-0.25, -0.2) is 8.78 Å². The third-order valence-electron chi connectivity index (χ3n) is 3.23. The lowest BCUT2D eigenvalue weighted by atomic mass is 10.1. The zero-order valence-electron chi connectivity index (χ0n) is 12.2. The molecule has 1 atom stereocenters. The Morgan fingerprint density at radius 3 is 2.57 bits per heavy atom. The minimum atomic E-state index is -0.298. The molecule has 0 aliphatic carbocycles. The van der Waals surface area contributed by atoms with Gasteiger partial charge in [-0.15, -0.1) is 0 Å². The zero-order valence-corrected chi connectivity index (χ0v) is 12.2. The first-order valence-electron chi connectivity index (χ1n) is 7.00. The molecule has 0 saturated heterocycles. The van der Waals surface area contributed by atoms with Gasteiger partial charge in [0.25, 0.3) is 0 Å². The first kappa shape index (κ1) is 15.4. The van der Waals surface area contributed by atoms with Crippen LogP contribution in [0.4, 0.5) is 8.78 Å². The number of rotatable bonds is 6. The van der Waals surface area contributed by atoms with E-state index in [0.717, 1.165) is 17.7 Å². The van der Waals surface area contributed by atoms with Gasteiger partial charge in [0.05, 0.1) is 0 Å². The fourth-order valence-electron chi connectivity index (χ4n) is 2.19. The van der Waals surface area contributed by atoms with E-state index < -0.39 is 0 Å². The van der Waals surface area contributed by atoms with Crippen molar-refractivity contribution in [3.8, 4) is 5.75 Å². The van der Waals surface area contributed by atoms with Crippen LogP contribution in [0.5, 0.6) is 5.75 Å². The van der Waals surface area contributed by atoms with Crippen molar-refractivity contribution in [1.82, 2.24) is 5.32 Å². The highest BCUT2D eigenvalue weighted by Crippen LogP contribution is 2.27. The van der Waals surface area contributed by atoms with Gasteiger partial charge in [0.15, 0.2) is 0 Å². The molecule has 0 radical (unpaired) electrons. The molecule has 0 spiro atoms. The topological polar surface area (TPSA) is 21.3 Å². The zero-order chi connectivity index (χ0) is 15.2. The fourth-order valence-corrected chi connectivity index (χ4v) is 2.19. The summed E-state index contributed by atoms with van der Waals surface area (Å²) in [5.74, 6) is 0.0124. The highest BCUT2D eigenvalue weighted by atomic mass is 19.1. The van der Waals surface area contributed by atoms with Gasteiger partial charge in [0.1, 0.15) is 24.0 Å². The number of halogens is 2. The summed E-state index contributed by atoms with van der Waals surface area (Å²) in [6.45, 7) is 4.96.